The molecule has 1 aliphatic rings. The van der Waals surface area contributed by atoms with Gasteiger partial charge in [-0.05, 0) is 26.6 Å². The van der Waals surface area contributed by atoms with Gasteiger partial charge in [-0.15, -0.1) is 0 Å². The molecule has 2 heterocycles. The highest BCUT2D eigenvalue weighted by atomic mass is 35.5. The van der Waals surface area contributed by atoms with Gasteiger partial charge in [0.05, 0.1) is 11.6 Å². The zero-order valence-electron chi connectivity index (χ0n) is 10.2. The number of halogens is 1. The van der Waals surface area contributed by atoms with Gasteiger partial charge in [0.1, 0.15) is 5.82 Å². The molecule has 1 aromatic rings. The average molecular weight is 256 g/mol. The van der Waals surface area contributed by atoms with Crippen LogP contribution in [0.1, 0.15) is 12.0 Å². The second-order valence-corrected chi connectivity index (χ2v) is 5.05. The van der Waals surface area contributed by atoms with Gasteiger partial charge in [0.15, 0.2) is 0 Å². The maximum atomic E-state index is 9.19. The zero-order chi connectivity index (χ0) is 12.4. The Morgan fingerprint density at radius 3 is 2.94 bits per heavy atom. The highest BCUT2D eigenvalue weighted by Crippen LogP contribution is 2.24. The van der Waals surface area contributed by atoms with E-state index in [0.717, 1.165) is 30.9 Å². The van der Waals surface area contributed by atoms with Gasteiger partial charge in [0, 0.05) is 30.9 Å². The van der Waals surface area contributed by atoms with Crippen LogP contribution in [0.3, 0.4) is 0 Å². The lowest BCUT2D eigenvalue weighted by Gasteiger charge is -2.21. The number of aliphatic hydroxyl groups is 1. The van der Waals surface area contributed by atoms with Crippen molar-refractivity contribution in [1.29, 1.82) is 0 Å². The lowest BCUT2D eigenvalue weighted by Crippen LogP contribution is -2.31. The van der Waals surface area contributed by atoms with Gasteiger partial charge in [-0.2, -0.15) is 0 Å². The molecule has 1 saturated heterocycles. The molecule has 0 aromatic carbocycles. The van der Waals surface area contributed by atoms with E-state index in [4.69, 9.17) is 11.6 Å². The fourth-order valence-corrected chi connectivity index (χ4v) is 2.30. The predicted molar refractivity (Wildman–Crippen MR) is 69.5 cm³/mol. The molecular formula is C12H18ClN3O. The van der Waals surface area contributed by atoms with Crippen LogP contribution >= 0.6 is 11.6 Å². The molecule has 94 valence electrons. The Morgan fingerprint density at radius 2 is 2.35 bits per heavy atom. The van der Waals surface area contributed by atoms with Crippen LogP contribution in [0.4, 0.5) is 5.82 Å². The summed E-state index contributed by atoms with van der Waals surface area (Å²) in [6, 6.07) is 2.45. The van der Waals surface area contributed by atoms with Gasteiger partial charge in [-0.3, -0.25) is 0 Å². The van der Waals surface area contributed by atoms with Crippen molar-refractivity contribution in [2.24, 2.45) is 0 Å². The number of hydrogen-bond acceptors (Lipinski definition) is 4. The molecule has 1 unspecified atom stereocenters. The van der Waals surface area contributed by atoms with Crippen molar-refractivity contribution in [2.75, 3.05) is 32.1 Å². The minimum atomic E-state index is -0.0424. The molecule has 1 aromatic heterocycles. The van der Waals surface area contributed by atoms with Gasteiger partial charge in [0.2, 0.25) is 0 Å². The molecule has 1 N–H and O–H groups in total. The fraction of sp³-hybridized carbons (Fsp3) is 0.583. The van der Waals surface area contributed by atoms with Crippen LogP contribution in [-0.4, -0.2) is 48.2 Å². The number of likely N-dealkylation sites (N-methyl/N-ethyl adjacent to an activating group) is 1. The van der Waals surface area contributed by atoms with E-state index in [1.807, 2.05) is 6.07 Å². The average Bonchev–Trinajstić information content (AvgIpc) is 2.79. The van der Waals surface area contributed by atoms with Crippen molar-refractivity contribution in [3.63, 3.8) is 0 Å². The Bertz CT molecular complexity index is 397. The summed E-state index contributed by atoms with van der Waals surface area (Å²) in [5.74, 6) is 0.905. The minimum Gasteiger partial charge on any atom is -0.392 e. The Labute approximate surface area is 107 Å². The zero-order valence-corrected chi connectivity index (χ0v) is 11.0. The number of aliphatic hydroxyl groups excluding tert-OH is 1. The third kappa shape index (κ3) is 2.70. The Balaban J connectivity index is 2.13. The summed E-state index contributed by atoms with van der Waals surface area (Å²) in [7, 11) is 4.20. The summed E-state index contributed by atoms with van der Waals surface area (Å²) in [5, 5.41) is 9.71. The first-order valence-electron chi connectivity index (χ1n) is 5.78. The molecule has 2 rings (SSSR count). The third-order valence-corrected chi connectivity index (χ3v) is 3.65. The lowest BCUT2D eigenvalue weighted by atomic mass is 10.2. The number of rotatable bonds is 3. The number of nitrogens with zero attached hydrogens (tertiary/aromatic N) is 3. The minimum absolute atomic E-state index is 0.0424. The molecule has 0 saturated carbocycles. The largest absolute Gasteiger partial charge is 0.392 e. The molecular weight excluding hydrogens is 238 g/mol. The van der Waals surface area contributed by atoms with Gasteiger partial charge in [-0.1, -0.05) is 11.6 Å². The van der Waals surface area contributed by atoms with E-state index in [9.17, 15) is 5.11 Å². The van der Waals surface area contributed by atoms with Gasteiger partial charge >= 0.3 is 0 Å². The van der Waals surface area contributed by atoms with Gasteiger partial charge in [-0.25, -0.2) is 4.98 Å². The number of aromatic nitrogens is 1. The molecule has 0 aliphatic carbocycles. The standard InChI is InChI=1S/C12H18ClN3O/c1-15(2)10-3-4-16(7-10)12-5-9(8-17)11(13)6-14-12/h5-6,10,17H,3-4,7-8H2,1-2H3. The van der Waals surface area contributed by atoms with Crippen LogP contribution in [0.15, 0.2) is 12.3 Å². The second kappa shape index (κ2) is 5.21. The molecule has 1 aliphatic heterocycles. The Hall–Kier alpha value is -0.840. The van der Waals surface area contributed by atoms with Crippen LogP contribution in [0.25, 0.3) is 0 Å². The SMILES string of the molecule is CN(C)C1CCN(c2cc(CO)c(Cl)cn2)C1. The summed E-state index contributed by atoms with van der Waals surface area (Å²) < 4.78 is 0. The molecule has 0 bridgehead atoms. The molecule has 1 atom stereocenters. The molecule has 5 heteroatoms. The molecule has 17 heavy (non-hydrogen) atoms. The first-order valence-corrected chi connectivity index (χ1v) is 6.16. The van der Waals surface area contributed by atoms with Crippen LogP contribution in [0.5, 0.6) is 0 Å². The van der Waals surface area contributed by atoms with Crippen molar-refractivity contribution >= 4 is 17.4 Å². The van der Waals surface area contributed by atoms with Gasteiger partial charge in [0.25, 0.3) is 0 Å². The fourth-order valence-electron chi connectivity index (χ4n) is 2.13. The monoisotopic (exact) mass is 255 g/mol. The van der Waals surface area contributed by atoms with E-state index in [0.29, 0.717) is 11.1 Å². The quantitative estimate of drug-likeness (QED) is 0.886. The van der Waals surface area contributed by atoms with Crippen LogP contribution < -0.4 is 4.90 Å². The van der Waals surface area contributed by atoms with E-state index in [1.165, 1.54) is 0 Å². The summed E-state index contributed by atoms with van der Waals surface area (Å²) in [6.45, 7) is 1.94. The molecule has 4 nitrogen and oxygen atoms in total. The third-order valence-electron chi connectivity index (χ3n) is 3.31. The number of anilines is 1. The molecule has 0 spiro atoms. The molecule has 0 radical (unpaired) electrons. The van der Waals surface area contributed by atoms with E-state index in [-0.39, 0.29) is 6.61 Å². The smallest absolute Gasteiger partial charge is 0.128 e. The number of pyridine rings is 1. The van der Waals surface area contributed by atoms with Crippen LogP contribution in [0.2, 0.25) is 5.02 Å². The second-order valence-electron chi connectivity index (χ2n) is 4.64. The Kier molecular flexibility index (Phi) is 3.86. The highest BCUT2D eigenvalue weighted by molar-refractivity contribution is 6.31. The van der Waals surface area contributed by atoms with E-state index in [1.54, 1.807) is 6.20 Å². The first-order chi connectivity index (χ1) is 8.11. The highest BCUT2D eigenvalue weighted by Gasteiger charge is 2.25. The summed E-state index contributed by atoms with van der Waals surface area (Å²) in [6.07, 6.45) is 2.76. The molecule has 1 fully saturated rings. The van der Waals surface area contributed by atoms with E-state index in [2.05, 4.69) is 28.9 Å². The topological polar surface area (TPSA) is 39.6 Å². The van der Waals surface area contributed by atoms with Crippen LogP contribution in [0, 0.1) is 0 Å². The Morgan fingerprint density at radius 1 is 1.59 bits per heavy atom. The maximum Gasteiger partial charge on any atom is 0.128 e. The normalized spacial score (nSPS) is 20.3. The van der Waals surface area contributed by atoms with Crippen molar-refractivity contribution in [3.8, 4) is 0 Å². The first kappa shape index (κ1) is 12.6. The summed E-state index contributed by atoms with van der Waals surface area (Å²) >= 11 is 5.93. The lowest BCUT2D eigenvalue weighted by molar-refractivity contribution is 0.282. The van der Waals surface area contributed by atoms with E-state index < -0.39 is 0 Å². The molecule has 0 amide bonds. The van der Waals surface area contributed by atoms with Crippen molar-refractivity contribution < 1.29 is 5.11 Å². The summed E-state index contributed by atoms with van der Waals surface area (Å²) in [5.41, 5.74) is 0.741. The van der Waals surface area contributed by atoms with Crippen LogP contribution in [-0.2, 0) is 6.61 Å². The van der Waals surface area contributed by atoms with Crippen molar-refractivity contribution in [1.82, 2.24) is 9.88 Å². The van der Waals surface area contributed by atoms with Crippen molar-refractivity contribution in [2.45, 2.75) is 19.1 Å². The number of hydrogen-bond donors (Lipinski definition) is 1. The van der Waals surface area contributed by atoms with E-state index >= 15 is 0 Å². The predicted octanol–water partition coefficient (Wildman–Crippen LogP) is 1.37. The van der Waals surface area contributed by atoms with Gasteiger partial charge < -0.3 is 14.9 Å². The van der Waals surface area contributed by atoms with Crippen molar-refractivity contribution in [3.05, 3.63) is 22.8 Å². The summed E-state index contributed by atoms with van der Waals surface area (Å²) in [4.78, 5) is 8.80. The maximum absolute atomic E-state index is 9.19.